The minimum absolute atomic E-state index is 0.00353. The van der Waals surface area contributed by atoms with Crippen molar-refractivity contribution in [1.29, 1.82) is 0 Å². The van der Waals surface area contributed by atoms with Crippen molar-refractivity contribution >= 4 is 17.5 Å². The molecule has 7 nitrogen and oxygen atoms in total. The number of nitrogens with one attached hydrogen (secondary N) is 2. The first kappa shape index (κ1) is 18.7. The van der Waals surface area contributed by atoms with Crippen LogP contribution in [0, 0.1) is 0 Å². The molecule has 0 unspecified atom stereocenters. The van der Waals surface area contributed by atoms with E-state index in [1.54, 1.807) is 7.05 Å². The number of anilines is 2. The number of hydrogen-bond donors (Lipinski definition) is 3. The molecule has 28 heavy (non-hydrogen) atoms. The van der Waals surface area contributed by atoms with Crippen LogP contribution in [0.2, 0.25) is 0 Å². The Labute approximate surface area is 165 Å². The second kappa shape index (κ2) is 8.14. The van der Waals surface area contributed by atoms with Crippen LogP contribution in [0.4, 0.5) is 11.6 Å². The van der Waals surface area contributed by atoms with Crippen LogP contribution in [0.3, 0.4) is 0 Å². The van der Waals surface area contributed by atoms with Crippen molar-refractivity contribution < 1.29 is 9.90 Å². The highest BCUT2D eigenvalue weighted by Crippen LogP contribution is 2.25. The van der Waals surface area contributed by atoms with Gasteiger partial charge in [-0.15, -0.1) is 0 Å². The van der Waals surface area contributed by atoms with E-state index in [4.69, 9.17) is 0 Å². The first-order chi connectivity index (χ1) is 13.6. The number of fused-ring (bicyclic) bond motifs is 1. The third kappa shape index (κ3) is 3.94. The van der Waals surface area contributed by atoms with E-state index in [0.717, 1.165) is 24.5 Å². The molecular formula is C21H27N5O2. The molecule has 148 valence electrons. The van der Waals surface area contributed by atoms with E-state index in [1.807, 2.05) is 23.1 Å². The van der Waals surface area contributed by atoms with Gasteiger partial charge in [-0.3, -0.25) is 4.79 Å². The lowest BCUT2D eigenvalue weighted by atomic mass is 9.90. The van der Waals surface area contributed by atoms with Gasteiger partial charge in [-0.1, -0.05) is 6.07 Å². The van der Waals surface area contributed by atoms with Crippen molar-refractivity contribution in [2.24, 2.45) is 0 Å². The Balaban J connectivity index is 1.43. The molecular weight excluding hydrogens is 354 g/mol. The minimum atomic E-state index is -0.432. The number of carbonyl (C=O) groups excluding carboxylic acids is 1. The van der Waals surface area contributed by atoms with Crippen molar-refractivity contribution in [2.45, 2.75) is 44.2 Å². The smallest absolute Gasteiger partial charge is 0.251 e. The lowest BCUT2D eigenvalue weighted by Crippen LogP contribution is -2.40. The van der Waals surface area contributed by atoms with Crippen molar-refractivity contribution in [3.8, 4) is 0 Å². The van der Waals surface area contributed by atoms with Gasteiger partial charge in [0.1, 0.15) is 18.0 Å². The Morgan fingerprint density at radius 3 is 2.86 bits per heavy atom. The molecule has 2 aromatic rings. The number of β-amino-alcohol motifs (C(OH)–C–C–N with tert-alkyl or cyclic N) is 1. The van der Waals surface area contributed by atoms with Crippen LogP contribution in [0.5, 0.6) is 0 Å². The molecule has 2 atom stereocenters. The van der Waals surface area contributed by atoms with Gasteiger partial charge in [0.15, 0.2) is 0 Å². The summed E-state index contributed by atoms with van der Waals surface area (Å²) in [6, 6.07) is 7.90. The van der Waals surface area contributed by atoms with Crippen molar-refractivity contribution in [3.63, 3.8) is 0 Å². The Bertz CT molecular complexity index is 856. The molecule has 1 amide bonds. The Morgan fingerprint density at radius 2 is 2.04 bits per heavy atom. The van der Waals surface area contributed by atoms with E-state index in [1.165, 1.54) is 30.3 Å². The summed E-state index contributed by atoms with van der Waals surface area (Å²) in [7, 11) is 1.81. The zero-order valence-corrected chi connectivity index (χ0v) is 16.2. The number of benzene rings is 1. The first-order valence-electron chi connectivity index (χ1n) is 9.98. The topological polar surface area (TPSA) is 90.4 Å². The van der Waals surface area contributed by atoms with Gasteiger partial charge in [0.25, 0.3) is 5.91 Å². The van der Waals surface area contributed by atoms with Crippen LogP contribution in [0.1, 0.15) is 40.7 Å². The summed E-state index contributed by atoms with van der Waals surface area (Å²) in [5.74, 6) is 1.42. The molecule has 2 heterocycles. The quantitative estimate of drug-likeness (QED) is 0.731. The van der Waals surface area contributed by atoms with Crippen LogP contribution in [-0.4, -0.2) is 53.3 Å². The number of amides is 1. The number of aliphatic hydroxyl groups excluding tert-OH is 1. The molecule has 1 fully saturated rings. The molecule has 1 aromatic heterocycles. The van der Waals surface area contributed by atoms with E-state index in [-0.39, 0.29) is 11.9 Å². The normalized spacial score (nSPS) is 21.3. The number of aliphatic hydroxyl groups is 1. The van der Waals surface area contributed by atoms with Crippen LogP contribution >= 0.6 is 0 Å². The highest BCUT2D eigenvalue weighted by atomic mass is 16.3. The number of aromatic nitrogens is 2. The fourth-order valence-corrected chi connectivity index (χ4v) is 4.19. The highest BCUT2D eigenvalue weighted by Gasteiger charge is 2.32. The maximum atomic E-state index is 12.7. The van der Waals surface area contributed by atoms with Gasteiger partial charge in [-0.2, -0.15) is 0 Å². The molecule has 1 aliphatic carbocycles. The predicted molar refractivity (Wildman–Crippen MR) is 109 cm³/mol. The molecule has 0 spiro atoms. The molecule has 0 saturated carbocycles. The third-order valence-electron chi connectivity index (χ3n) is 5.70. The summed E-state index contributed by atoms with van der Waals surface area (Å²) in [6.45, 7) is 0.964. The first-order valence-corrected chi connectivity index (χ1v) is 9.98. The Hall–Kier alpha value is -2.67. The maximum absolute atomic E-state index is 12.7. The molecule has 1 saturated heterocycles. The zero-order chi connectivity index (χ0) is 19.5. The summed E-state index contributed by atoms with van der Waals surface area (Å²) in [4.78, 5) is 23.2. The molecule has 2 aliphatic rings. The second-order valence-corrected chi connectivity index (χ2v) is 7.61. The Morgan fingerprint density at radius 1 is 1.21 bits per heavy atom. The fourth-order valence-electron chi connectivity index (χ4n) is 4.19. The SMILES string of the molecule is CNc1cc(N2C[C@H](O)C[C@@H]2CNC(=O)c2ccc3c(c2)CCCC3)ncn1. The zero-order valence-electron chi connectivity index (χ0n) is 16.2. The predicted octanol–water partition coefficient (Wildman–Crippen LogP) is 1.77. The molecule has 1 aliphatic heterocycles. The van der Waals surface area contributed by atoms with Gasteiger partial charge in [0.05, 0.1) is 12.1 Å². The third-order valence-corrected chi connectivity index (χ3v) is 5.70. The summed E-state index contributed by atoms with van der Waals surface area (Å²) in [6.07, 6.45) is 6.27. The summed E-state index contributed by atoms with van der Waals surface area (Å²) < 4.78 is 0. The highest BCUT2D eigenvalue weighted by molar-refractivity contribution is 5.94. The van der Waals surface area contributed by atoms with Crippen LogP contribution in [0.25, 0.3) is 0 Å². The van der Waals surface area contributed by atoms with Crippen molar-refractivity contribution in [3.05, 3.63) is 47.3 Å². The van der Waals surface area contributed by atoms with E-state index < -0.39 is 6.10 Å². The number of carbonyl (C=O) groups is 1. The monoisotopic (exact) mass is 381 g/mol. The van der Waals surface area contributed by atoms with Crippen molar-refractivity contribution in [2.75, 3.05) is 30.4 Å². The van der Waals surface area contributed by atoms with E-state index >= 15 is 0 Å². The van der Waals surface area contributed by atoms with Gasteiger partial charge in [-0.25, -0.2) is 9.97 Å². The molecule has 0 bridgehead atoms. The average Bonchev–Trinajstić information content (AvgIpc) is 3.12. The van der Waals surface area contributed by atoms with Gasteiger partial charge >= 0.3 is 0 Å². The summed E-state index contributed by atoms with van der Waals surface area (Å²) >= 11 is 0. The van der Waals surface area contributed by atoms with Crippen molar-refractivity contribution in [1.82, 2.24) is 15.3 Å². The maximum Gasteiger partial charge on any atom is 0.251 e. The van der Waals surface area contributed by atoms with Gasteiger partial charge in [-0.05, 0) is 55.4 Å². The molecule has 1 aromatic carbocycles. The van der Waals surface area contributed by atoms with E-state index in [9.17, 15) is 9.90 Å². The van der Waals surface area contributed by atoms with Crippen LogP contribution in [0.15, 0.2) is 30.6 Å². The molecule has 0 radical (unpaired) electrons. The minimum Gasteiger partial charge on any atom is -0.391 e. The average molecular weight is 381 g/mol. The lowest BCUT2D eigenvalue weighted by molar-refractivity contribution is 0.0949. The second-order valence-electron chi connectivity index (χ2n) is 7.61. The van der Waals surface area contributed by atoms with Crippen LogP contribution < -0.4 is 15.5 Å². The molecule has 3 N–H and O–H groups in total. The van der Waals surface area contributed by atoms with Gasteiger partial charge in [0, 0.05) is 31.8 Å². The van der Waals surface area contributed by atoms with Crippen LogP contribution in [-0.2, 0) is 12.8 Å². The standard InChI is InChI=1S/C21H27N5O2/c1-22-19-10-20(25-13-24-19)26-12-18(27)9-17(26)11-23-21(28)16-7-6-14-4-2-3-5-15(14)8-16/h6-8,10,13,17-18,27H,2-5,9,11-12H2,1H3,(H,23,28)(H,22,24,25)/t17-,18-/m1/s1. The largest absolute Gasteiger partial charge is 0.391 e. The number of aryl methyl sites for hydroxylation is 2. The van der Waals surface area contributed by atoms with E-state index in [0.29, 0.717) is 25.1 Å². The number of hydrogen-bond acceptors (Lipinski definition) is 6. The number of rotatable bonds is 5. The summed E-state index contributed by atoms with van der Waals surface area (Å²) in [5.41, 5.74) is 3.39. The number of nitrogens with zero attached hydrogens (tertiary/aromatic N) is 3. The summed E-state index contributed by atoms with van der Waals surface area (Å²) in [5, 5.41) is 16.2. The van der Waals surface area contributed by atoms with Gasteiger partial charge < -0.3 is 20.6 Å². The fraction of sp³-hybridized carbons (Fsp3) is 0.476. The van der Waals surface area contributed by atoms with E-state index in [2.05, 4.69) is 26.7 Å². The molecule has 4 rings (SSSR count). The lowest BCUT2D eigenvalue weighted by Gasteiger charge is -2.26. The molecule has 7 heteroatoms. The Kier molecular flexibility index (Phi) is 5.43. The van der Waals surface area contributed by atoms with Gasteiger partial charge in [0.2, 0.25) is 0 Å².